The molecule has 1 aromatic carbocycles. The van der Waals surface area contributed by atoms with Gasteiger partial charge in [0.05, 0.1) is 4.47 Å². The molecule has 0 bridgehead atoms. The van der Waals surface area contributed by atoms with E-state index in [-0.39, 0.29) is 5.54 Å². The highest BCUT2D eigenvalue weighted by atomic mass is 79.9. The second-order valence-corrected chi connectivity index (χ2v) is 5.45. The zero-order valence-electron chi connectivity index (χ0n) is 8.89. The van der Waals surface area contributed by atoms with Crippen LogP contribution in [-0.2, 0) is 6.42 Å². The second-order valence-electron chi connectivity index (χ2n) is 4.59. The number of nitrogens with two attached hydrogens (primary N) is 1. The summed E-state index contributed by atoms with van der Waals surface area (Å²) >= 11 is 3.31. The molecule has 3 N–H and O–H groups in total. The summed E-state index contributed by atoms with van der Waals surface area (Å²) in [6, 6.07) is 3.80. The molecular formula is C12H16BrNO. The summed E-state index contributed by atoms with van der Waals surface area (Å²) in [5, 5.41) is 9.59. The van der Waals surface area contributed by atoms with E-state index < -0.39 is 0 Å². The molecule has 0 unspecified atom stereocenters. The maximum Gasteiger partial charge on any atom is 0.130 e. The third-order valence-electron chi connectivity index (χ3n) is 3.19. The molecule has 82 valence electrons. The van der Waals surface area contributed by atoms with Crippen molar-refractivity contribution in [3.05, 3.63) is 27.7 Å². The van der Waals surface area contributed by atoms with Crippen LogP contribution in [0.1, 0.15) is 30.4 Å². The van der Waals surface area contributed by atoms with E-state index in [0.717, 1.165) is 30.2 Å². The van der Waals surface area contributed by atoms with Gasteiger partial charge in [-0.05, 0) is 71.8 Å². The van der Waals surface area contributed by atoms with E-state index in [1.165, 1.54) is 11.1 Å². The van der Waals surface area contributed by atoms with Gasteiger partial charge in [0.2, 0.25) is 0 Å². The zero-order valence-corrected chi connectivity index (χ0v) is 10.5. The number of aromatic hydroxyl groups is 1. The van der Waals surface area contributed by atoms with Crippen molar-refractivity contribution in [1.29, 1.82) is 0 Å². The molecule has 1 fully saturated rings. The van der Waals surface area contributed by atoms with Crippen LogP contribution in [0.4, 0.5) is 0 Å². The van der Waals surface area contributed by atoms with Gasteiger partial charge >= 0.3 is 0 Å². The summed E-state index contributed by atoms with van der Waals surface area (Å²) in [7, 11) is 0. The Kier molecular flexibility index (Phi) is 2.77. The fraction of sp³-hybridized carbons (Fsp3) is 0.500. The quantitative estimate of drug-likeness (QED) is 0.887. The summed E-state index contributed by atoms with van der Waals surface area (Å²) in [4.78, 5) is 0. The minimum atomic E-state index is 0.0924. The van der Waals surface area contributed by atoms with Crippen molar-refractivity contribution in [1.82, 2.24) is 0 Å². The van der Waals surface area contributed by atoms with E-state index in [9.17, 15) is 5.11 Å². The van der Waals surface area contributed by atoms with Crippen LogP contribution >= 0.6 is 15.9 Å². The Hall–Kier alpha value is -0.540. The van der Waals surface area contributed by atoms with Gasteiger partial charge in [-0.3, -0.25) is 0 Å². The van der Waals surface area contributed by atoms with E-state index in [1.807, 2.05) is 12.1 Å². The monoisotopic (exact) mass is 269 g/mol. The van der Waals surface area contributed by atoms with Gasteiger partial charge in [0.25, 0.3) is 0 Å². The van der Waals surface area contributed by atoms with Gasteiger partial charge < -0.3 is 10.8 Å². The molecule has 1 aromatic rings. The maximum absolute atomic E-state index is 9.59. The first-order valence-corrected chi connectivity index (χ1v) is 6.06. The SMILES string of the molecule is Cc1cc(Br)c(O)cc1CCC1(N)CC1. The molecule has 0 spiro atoms. The lowest BCUT2D eigenvalue weighted by atomic mass is 10.00. The van der Waals surface area contributed by atoms with Gasteiger partial charge in [0.1, 0.15) is 5.75 Å². The smallest absolute Gasteiger partial charge is 0.130 e. The molecule has 0 saturated heterocycles. The van der Waals surface area contributed by atoms with Crippen LogP contribution in [-0.4, -0.2) is 10.6 Å². The number of halogens is 1. The van der Waals surface area contributed by atoms with Crippen molar-refractivity contribution in [2.75, 3.05) is 0 Å². The third kappa shape index (κ3) is 2.52. The van der Waals surface area contributed by atoms with Crippen LogP contribution < -0.4 is 5.73 Å². The van der Waals surface area contributed by atoms with Gasteiger partial charge in [-0.25, -0.2) is 0 Å². The van der Waals surface area contributed by atoms with Crippen LogP contribution in [0.3, 0.4) is 0 Å². The number of aryl methyl sites for hydroxylation is 2. The Morgan fingerprint density at radius 3 is 2.73 bits per heavy atom. The Morgan fingerprint density at radius 1 is 1.47 bits per heavy atom. The van der Waals surface area contributed by atoms with E-state index in [2.05, 4.69) is 22.9 Å². The molecule has 0 atom stereocenters. The minimum Gasteiger partial charge on any atom is -0.507 e. The number of rotatable bonds is 3. The lowest BCUT2D eigenvalue weighted by molar-refractivity contribution is 0.470. The Bertz CT molecular complexity index is 385. The Labute approximate surface area is 98.6 Å². The molecule has 0 amide bonds. The van der Waals surface area contributed by atoms with Gasteiger partial charge in [0.15, 0.2) is 0 Å². The van der Waals surface area contributed by atoms with Gasteiger partial charge in [-0.1, -0.05) is 0 Å². The number of phenols is 1. The molecule has 0 heterocycles. The number of hydrogen-bond donors (Lipinski definition) is 2. The molecule has 0 aliphatic heterocycles. The average Bonchev–Trinajstić information content (AvgIpc) is 2.89. The summed E-state index contributed by atoms with van der Waals surface area (Å²) in [5.41, 5.74) is 8.55. The van der Waals surface area contributed by atoms with Gasteiger partial charge in [0, 0.05) is 5.54 Å². The highest BCUT2D eigenvalue weighted by Crippen LogP contribution is 2.37. The lowest BCUT2D eigenvalue weighted by Gasteiger charge is -2.11. The maximum atomic E-state index is 9.59. The summed E-state index contributed by atoms with van der Waals surface area (Å²) in [6.45, 7) is 2.07. The Balaban J connectivity index is 2.10. The third-order valence-corrected chi connectivity index (χ3v) is 3.82. The molecule has 2 rings (SSSR count). The van der Waals surface area contributed by atoms with E-state index in [4.69, 9.17) is 5.73 Å². The van der Waals surface area contributed by atoms with Crippen LogP contribution in [0.15, 0.2) is 16.6 Å². The molecule has 1 saturated carbocycles. The number of benzene rings is 1. The molecule has 2 nitrogen and oxygen atoms in total. The molecule has 0 aromatic heterocycles. The van der Waals surface area contributed by atoms with Crippen LogP contribution in [0, 0.1) is 6.92 Å². The van der Waals surface area contributed by atoms with Gasteiger partial charge in [-0.15, -0.1) is 0 Å². The molecule has 0 radical (unpaired) electrons. The highest BCUT2D eigenvalue weighted by Gasteiger charge is 2.37. The zero-order chi connectivity index (χ0) is 11.1. The van der Waals surface area contributed by atoms with Crippen LogP contribution in [0.5, 0.6) is 5.75 Å². The summed E-state index contributed by atoms with van der Waals surface area (Å²) in [5.74, 6) is 0.317. The topological polar surface area (TPSA) is 46.2 Å². The summed E-state index contributed by atoms with van der Waals surface area (Å²) in [6.07, 6.45) is 4.28. The van der Waals surface area contributed by atoms with Crippen molar-refractivity contribution >= 4 is 15.9 Å². The Morgan fingerprint density at radius 2 is 2.13 bits per heavy atom. The van der Waals surface area contributed by atoms with Crippen molar-refractivity contribution in [2.24, 2.45) is 5.73 Å². The van der Waals surface area contributed by atoms with Crippen molar-refractivity contribution in [2.45, 2.75) is 38.1 Å². The van der Waals surface area contributed by atoms with Gasteiger partial charge in [-0.2, -0.15) is 0 Å². The molecule has 1 aliphatic rings. The summed E-state index contributed by atoms with van der Waals surface area (Å²) < 4.78 is 0.762. The van der Waals surface area contributed by atoms with Crippen molar-refractivity contribution < 1.29 is 5.11 Å². The molecule has 3 heteroatoms. The fourth-order valence-electron chi connectivity index (χ4n) is 1.77. The molecular weight excluding hydrogens is 254 g/mol. The first-order chi connectivity index (χ1) is 7.00. The van der Waals surface area contributed by atoms with Crippen molar-refractivity contribution in [3.63, 3.8) is 0 Å². The first-order valence-electron chi connectivity index (χ1n) is 5.27. The predicted octanol–water partition coefficient (Wildman–Crippen LogP) is 2.89. The predicted molar refractivity (Wildman–Crippen MR) is 65.0 cm³/mol. The lowest BCUT2D eigenvalue weighted by Crippen LogP contribution is -2.22. The van der Waals surface area contributed by atoms with E-state index in [1.54, 1.807) is 0 Å². The largest absolute Gasteiger partial charge is 0.507 e. The number of phenolic OH excluding ortho intramolecular Hbond substituents is 1. The fourth-order valence-corrected chi connectivity index (χ4v) is 2.23. The van der Waals surface area contributed by atoms with Crippen LogP contribution in [0.2, 0.25) is 0 Å². The second kappa shape index (κ2) is 3.80. The average molecular weight is 270 g/mol. The highest BCUT2D eigenvalue weighted by molar-refractivity contribution is 9.10. The van der Waals surface area contributed by atoms with E-state index in [0.29, 0.717) is 5.75 Å². The van der Waals surface area contributed by atoms with E-state index >= 15 is 0 Å². The minimum absolute atomic E-state index is 0.0924. The number of hydrogen-bond acceptors (Lipinski definition) is 2. The normalized spacial score (nSPS) is 17.8. The molecule has 15 heavy (non-hydrogen) atoms. The first kappa shape index (κ1) is 11.0. The van der Waals surface area contributed by atoms with Crippen molar-refractivity contribution in [3.8, 4) is 5.75 Å². The standard InChI is InChI=1S/C12H16BrNO/c1-8-6-10(13)11(15)7-9(8)2-3-12(14)4-5-12/h6-7,15H,2-5,14H2,1H3. The van der Waals surface area contributed by atoms with Crippen LogP contribution in [0.25, 0.3) is 0 Å². The molecule has 1 aliphatic carbocycles.